The monoisotopic (exact) mass is 247 g/mol. The lowest BCUT2D eigenvalue weighted by Gasteiger charge is -2.16. The van der Waals surface area contributed by atoms with Crippen LogP contribution in [0.3, 0.4) is 0 Å². The van der Waals surface area contributed by atoms with Crippen LogP contribution in [0.15, 0.2) is 23.2 Å². The Kier molecular flexibility index (Phi) is 3.14. The third-order valence-electron chi connectivity index (χ3n) is 2.52. The molecule has 1 aliphatic rings. The standard InChI is InChI=1S/C13H13NO4/c1-7(2)18-8-3-4-11-9(5-8)12(15)10(6-14-11)13(16)17/h3-7,10H,1-2H3,(H,16,17). The molecule has 1 atom stereocenters. The van der Waals surface area contributed by atoms with Crippen LogP contribution < -0.4 is 4.74 Å². The number of hydrogen-bond donors (Lipinski definition) is 1. The maximum Gasteiger partial charge on any atom is 0.319 e. The van der Waals surface area contributed by atoms with Gasteiger partial charge in [-0.25, -0.2) is 0 Å². The Hall–Kier alpha value is -2.17. The second-order valence-electron chi connectivity index (χ2n) is 4.30. The van der Waals surface area contributed by atoms with Gasteiger partial charge in [0, 0.05) is 11.8 Å². The summed E-state index contributed by atoms with van der Waals surface area (Å²) in [4.78, 5) is 26.8. The first kappa shape index (κ1) is 12.3. The topological polar surface area (TPSA) is 76.0 Å². The van der Waals surface area contributed by atoms with E-state index in [4.69, 9.17) is 9.84 Å². The normalized spacial score (nSPS) is 17.7. The first-order chi connectivity index (χ1) is 8.49. The van der Waals surface area contributed by atoms with Gasteiger partial charge in [-0.15, -0.1) is 0 Å². The van der Waals surface area contributed by atoms with Crippen LogP contribution >= 0.6 is 0 Å². The highest BCUT2D eigenvalue weighted by molar-refractivity contribution is 6.22. The molecule has 1 heterocycles. The fourth-order valence-corrected chi connectivity index (χ4v) is 1.74. The smallest absolute Gasteiger partial charge is 0.319 e. The van der Waals surface area contributed by atoms with Gasteiger partial charge in [-0.2, -0.15) is 0 Å². The number of carbonyl (C=O) groups is 2. The number of rotatable bonds is 3. The van der Waals surface area contributed by atoms with Crippen molar-refractivity contribution in [2.45, 2.75) is 20.0 Å². The summed E-state index contributed by atoms with van der Waals surface area (Å²) < 4.78 is 5.47. The predicted octanol–water partition coefficient (Wildman–Crippen LogP) is 2.07. The molecule has 18 heavy (non-hydrogen) atoms. The van der Waals surface area contributed by atoms with Crippen LogP contribution in [0, 0.1) is 5.92 Å². The molecule has 0 amide bonds. The van der Waals surface area contributed by atoms with Crippen molar-refractivity contribution in [3.63, 3.8) is 0 Å². The van der Waals surface area contributed by atoms with Crippen LogP contribution in [-0.2, 0) is 4.79 Å². The number of carboxylic acid groups (broad SMARTS) is 1. The van der Waals surface area contributed by atoms with E-state index < -0.39 is 17.7 Å². The number of carboxylic acids is 1. The number of aliphatic imine (C=N–C) groups is 1. The highest BCUT2D eigenvalue weighted by Crippen LogP contribution is 2.30. The zero-order chi connectivity index (χ0) is 13.3. The molecule has 1 aromatic rings. The van der Waals surface area contributed by atoms with Gasteiger partial charge in [-0.1, -0.05) is 0 Å². The molecule has 1 aromatic carbocycles. The number of ether oxygens (including phenoxy) is 1. The van der Waals surface area contributed by atoms with Gasteiger partial charge in [0.1, 0.15) is 5.75 Å². The van der Waals surface area contributed by atoms with Crippen LogP contribution in [0.2, 0.25) is 0 Å². The van der Waals surface area contributed by atoms with Crippen LogP contribution in [-0.4, -0.2) is 29.2 Å². The number of fused-ring (bicyclic) bond motifs is 1. The van der Waals surface area contributed by atoms with Gasteiger partial charge in [0.2, 0.25) is 0 Å². The first-order valence-corrected chi connectivity index (χ1v) is 5.61. The Bertz CT molecular complexity index is 534. The average molecular weight is 247 g/mol. The molecule has 0 radical (unpaired) electrons. The molecule has 1 aliphatic heterocycles. The summed E-state index contributed by atoms with van der Waals surface area (Å²) in [5.41, 5.74) is 0.775. The number of benzene rings is 1. The molecule has 1 N–H and O–H groups in total. The largest absolute Gasteiger partial charge is 0.491 e. The molecule has 2 rings (SSSR count). The number of aliphatic carboxylic acids is 1. The maximum absolute atomic E-state index is 12.0. The average Bonchev–Trinajstić information content (AvgIpc) is 2.29. The Morgan fingerprint density at radius 3 is 2.78 bits per heavy atom. The summed E-state index contributed by atoms with van der Waals surface area (Å²) in [5, 5.41) is 8.91. The number of Topliss-reactive ketones (excluding diaryl/α,β-unsaturated/α-hetero) is 1. The van der Waals surface area contributed by atoms with E-state index in [2.05, 4.69) is 4.99 Å². The molecule has 0 aliphatic carbocycles. The molecule has 94 valence electrons. The van der Waals surface area contributed by atoms with Gasteiger partial charge < -0.3 is 9.84 Å². The Labute approximate surface area is 104 Å². The van der Waals surface area contributed by atoms with Gasteiger partial charge in [0.05, 0.1) is 11.8 Å². The van der Waals surface area contributed by atoms with Crippen LogP contribution in [0.5, 0.6) is 5.75 Å². The van der Waals surface area contributed by atoms with E-state index in [1.54, 1.807) is 18.2 Å². The third kappa shape index (κ3) is 2.25. The van der Waals surface area contributed by atoms with Gasteiger partial charge in [0.25, 0.3) is 0 Å². The predicted molar refractivity (Wildman–Crippen MR) is 65.8 cm³/mol. The van der Waals surface area contributed by atoms with E-state index in [0.717, 1.165) is 6.21 Å². The molecule has 0 bridgehead atoms. The lowest BCUT2D eigenvalue weighted by Crippen LogP contribution is -2.27. The van der Waals surface area contributed by atoms with Crippen molar-refractivity contribution in [1.29, 1.82) is 0 Å². The van der Waals surface area contributed by atoms with E-state index in [1.807, 2.05) is 13.8 Å². The summed E-state index contributed by atoms with van der Waals surface area (Å²) in [6.07, 6.45) is 1.15. The molecule has 0 aromatic heterocycles. The molecule has 0 saturated heterocycles. The Balaban J connectivity index is 2.38. The summed E-state index contributed by atoms with van der Waals surface area (Å²) in [6, 6.07) is 4.91. The molecule has 0 spiro atoms. The van der Waals surface area contributed by atoms with Crippen molar-refractivity contribution in [3.05, 3.63) is 23.8 Å². The number of nitrogens with zero attached hydrogens (tertiary/aromatic N) is 1. The Morgan fingerprint density at radius 2 is 2.17 bits per heavy atom. The number of ketones is 1. The van der Waals surface area contributed by atoms with E-state index >= 15 is 0 Å². The highest BCUT2D eigenvalue weighted by atomic mass is 16.5. The maximum atomic E-state index is 12.0. The van der Waals surface area contributed by atoms with Gasteiger partial charge in [-0.3, -0.25) is 14.6 Å². The van der Waals surface area contributed by atoms with Crippen LogP contribution in [0.1, 0.15) is 24.2 Å². The van der Waals surface area contributed by atoms with Crippen molar-refractivity contribution in [2.24, 2.45) is 10.9 Å². The number of carbonyl (C=O) groups excluding carboxylic acids is 1. The van der Waals surface area contributed by atoms with Crippen molar-refractivity contribution in [3.8, 4) is 5.75 Å². The van der Waals surface area contributed by atoms with E-state index in [0.29, 0.717) is 17.0 Å². The molecular formula is C13H13NO4. The molecule has 5 nitrogen and oxygen atoms in total. The lowest BCUT2D eigenvalue weighted by atomic mass is 9.94. The second kappa shape index (κ2) is 4.60. The molecule has 0 fully saturated rings. The summed E-state index contributed by atoms with van der Waals surface area (Å²) in [6.45, 7) is 3.75. The molecule has 1 unspecified atom stereocenters. The van der Waals surface area contributed by atoms with Crippen molar-refractivity contribution < 1.29 is 19.4 Å². The van der Waals surface area contributed by atoms with Crippen LogP contribution in [0.4, 0.5) is 5.69 Å². The van der Waals surface area contributed by atoms with Gasteiger partial charge in [-0.05, 0) is 32.0 Å². The van der Waals surface area contributed by atoms with Gasteiger partial charge in [0.15, 0.2) is 11.7 Å². The summed E-state index contributed by atoms with van der Waals surface area (Å²) >= 11 is 0. The SMILES string of the molecule is CC(C)Oc1ccc2c(c1)C(=O)C(C(=O)O)C=N2. The fraction of sp³-hybridized carbons (Fsp3) is 0.308. The quantitative estimate of drug-likeness (QED) is 0.829. The van der Waals surface area contributed by atoms with Crippen LogP contribution in [0.25, 0.3) is 0 Å². The fourth-order valence-electron chi connectivity index (χ4n) is 1.74. The molecular weight excluding hydrogens is 234 g/mol. The van der Waals surface area contributed by atoms with E-state index in [9.17, 15) is 9.59 Å². The minimum absolute atomic E-state index is 0.0134. The number of hydrogen-bond acceptors (Lipinski definition) is 4. The lowest BCUT2D eigenvalue weighted by molar-refractivity contribution is -0.137. The molecule has 5 heteroatoms. The van der Waals surface area contributed by atoms with Crippen molar-refractivity contribution >= 4 is 23.7 Å². The van der Waals surface area contributed by atoms with Gasteiger partial charge >= 0.3 is 5.97 Å². The highest BCUT2D eigenvalue weighted by Gasteiger charge is 2.30. The summed E-state index contributed by atoms with van der Waals surface area (Å²) in [5.74, 6) is -2.31. The zero-order valence-corrected chi connectivity index (χ0v) is 10.1. The first-order valence-electron chi connectivity index (χ1n) is 5.61. The minimum Gasteiger partial charge on any atom is -0.491 e. The summed E-state index contributed by atoms with van der Waals surface area (Å²) in [7, 11) is 0. The zero-order valence-electron chi connectivity index (χ0n) is 10.1. The van der Waals surface area contributed by atoms with Crippen molar-refractivity contribution in [2.75, 3.05) is 0 Å². The second-order valence-corrected chi connectivity index (χ2v) is 4.30. The Morgan fingerprint density at radius 1 is 1.44 bits per heavy atom. The molecule has 0 saturated carbocycles. The minimum atomic E-state index is -1.20. The van der Waals surface area contributed by atoms with Crippen molar-refractivity contribution in [1.82, 2.24) is 0 Å². The third-order valence-corrected chi connectivity index (χ3v) is 2.52. The van der Waals surface area contributed by atoms with E-state index in [-0.39, 0.29) is 6.10 Å². The van der Waals surface area contributed by atoms with E-state index in [1.165, 1.54) is 0 Å².